The zero-order chi connectivity index (χ0) is 26.0. The topological polar surface area (TPSA) is 113 Å². The summed E-state index contributed by atoms with van der Waals surface area (Å²) in [6.07, 6.45) is -5.08. The number of carbonyl (C=O) groups excluding carboxylic acids is 2. The van der Waals surface area contributed by atoms with Crippen LogP contribution in [0.3, 0.4) is 0 Å². The van der Waals surface area contributed by atoms with Crippen LogP contribution in [0.5, 0.6) is 0 Å². The molecule has 3 aromatic rings. The van der Waals surface area contributed by atoms with Gasteiger partial charge in [0.1, 0.15) is 6.54 Å². The highest BCUT2D eigenvalue weighted by molar-refractivity contribution is 6.31. The minimum absolute atomic E-state index is 0.127. The van der Waals surface area contributed by atoms with E-state index in [2.05, 4.69) is 5.32 Å². The second-order valence-electron chi connectivity index (χ2n) is 6.95. The fraction of sp³-hybridized carbons (Fsp3) is 0.125. The Labute approximate surface area is 203 Å². The Morgan fingerprint density at radius 1 is 0.943 bits per heavy atom. The molecule has 0 aliphatic heterocycles. The Kier molecular flexibility index (Phi) is 9.80. The number of nitrogens with one attached hydrogen (secondary N) is 1. The van der Waals surface area contributed by atoms with Gasteiger partial charge in [0.15, 0.2) is 0 Å². The van der Waals surface area contributed by atoms with E-state index in [4.69, 9.17) is 27.2 Å². The molecule has 0 saturated carbocycles. The van der Waals surface area contributed by atoms with Crippen molar-refractivity contribution in [2.45, 2.75) is 12.7 Å². The highest BCUT2D eigenvalue weighted by atomic mass is 35.5. The normalized spacial score (nSPS) is 10.5. The molecule has 0 heterocycles. The number of anilines is 2. The number of nitrogens with zero attached hydrogens (tertiary/aromatic N) is 1. The van der Waals surface area contributed by atoms with E-state index >= 15 is 0 Å². The van der Waals surface area contributed by atoms with E-state index in [0.717, 1.165) is 5.56 Å². The number of amides is 2. The van der Waals surface area contributed by atoms with Crippen molar-refractivity contribution < 1.29 is 32.7 Å². The summed E-state index contributed by atoms with van der Waals surface area (Å²) in [7, 11) is 0. The van der Waals surface area contributed by atoms with Gasteiger partial charge in [0.25, 0.3) is 5.91 Å². The van der Waals surface area contributed by atoms with Gasteiger partial charge in [-0.25, -0.2) is 4.79 Å². The number of carboxylic acid groups (broad SMARTS) is 1. The molecule has 0 aliphatic carbocycles. The van der Waals surface area contributed by atoms with Crippen LogP contribution in [0, 0.1) is 0 Å². The molecule has 35 heavy (non-hydrogen) atoms. The lowest BCUT2D eigenvalue weighted by Gasteiger charge is -2.22. The molecule has 0 aliphatic rings. The Bertz CT molecular complexity index is 1160. The SMILES string of the molecule is NCc1cc(NC(=O)CN(C(=O)c2ccccc2)c2ccccc2)ccc1Cl.O=C(O)C(F)(F)F. The first-order valence-electron chi connectivity index (χ1n) is 10.0. The number of carboxylic acids is 1. The lowest BCUT2D eigenvalue weighted by Crippen LogP contribution is -2.38. The third-order valence-electron chi connectivity index (χ3n) is 4.43. The molecule has 0 unspecified atom stereocenters. The third kappa shape index (κ3) is 8.43. The van der Waals surface area contributed by atoms with Gasteiger partial charge >= 0.3 is 12.1 Å². The lowest BCUT2D eigenvalue weighted by atomic mass is 10.1. The van der Waals surface area contributed by atoms with Crippen LogP contribution in [-0.4, -0.2) is 35.6 Å². The molecule has 2 amide bonds. The molecule has 0 fully saturated rings. The number of alkyl halides is 3. The molecule has 184 valence electrons. The highest BCUT2D eigenvalue weighted by Gasteiger charge is 2.38. The maximum Gasteiger partial charge on any atom is 0.490 e. The van der Waals surface area contributed by atoms with Gasteiger partial charge in [0, 0.05) is 28.5 Å². The Hall–Kier alpha value is -3.89. The molecular formula is C24H21ClF3N3O4. The van der Waals surface area contributed by atoms with Gasteiger partial charge in [0.2, 0.25) is 5.91 Å². The molecule has 0 bridgehead atoms. The Balaban J connectivity index is 0.000000540. The van der Waals surface area contributed by atoms with Crippen molar-refractivity contribution in [3.8, 4) is 0 Å². The largest absolute Gasteiger partial charge is 0.490 e. The van der Waals surface area contributed by atoms with Crippen molar-refractivity contribution in [2.75, 3.05) is 16.8 Å². The molecule has 11 heteroatoms. The number of aliphatic carboxylic acids is 1. The number of rotatable bonds is 6. The van der Waals surface area contributed by atoms with Crippen molar-refractivity contribution in [1.82, 2.24) is 0 Å². The maximum absolute atomic E-state index is 13.0. The highest BCUT2D eigenvalue weighted by Crippen LogP contribution is 2.21. The molecule has 0 aromatic heterocycles. The molecule has 0 radical (unpaired) electrons. The van der Waals surface area contributed by atoms with Gasteiger partial charge in [-0.15, -0.1) is 0 Å². The van der Waals surface area contributed by atoms with E-state index in [0.29, 0.717) is 22.0 Å². The molecule has 0 spiro atoms. The summed E-state index contributed by atoms with van der Waals surface area (Å²) in [6.45, 7) is 0.142. The summed E-state index contributed by atoms with van der Waals surface area (Å²) in [5, 5.41) is 10.5. The average Bonchev–Trinajstić information content (AvgIpc) is 2.84. The van der Waals surface area contributed by atoms with Crippen molar-refractivity contribution in [3.05, 3.63) is 95.0 Å². The predicted octanol–water partition coefficient (Wildman–Crippen LogP) is 4.72. The summed E-state index contributed by atoms with van der Waals surface area (Å²) in [6, 6.07) is 23.1. The fourth-order valence-electron chi connectivity index (χ4n) is 2.78. The van der Waals surface area contributed by atoms with Gasteiger partial charge < -0.3 is 16.2 Å². The van der Waals surface area contributed by atoms with Crippen LogP contribution in [0.2, 0.25) is 5.02 Å². The van der Waals surface area contributed by atoms with Crippen LogP contribution in [0.15, 0.2) is 78.9 Å². The van der Waals surface area contributed by atoms with Crippen LogP contribution in [0.4, 0.5) is 24.5 Å². The van der Waals surface area contributed by atoms with E-state index in [1.165, 1.54) is 4.90 Å². The number of hydrogen-bond acceptors (Lipinski definition) is 4. The van der Waals surface area contributed by atoms with Gasteiger partial charge in [-0.2, -0.15) is 13.2 Å². The minimum Gasteiger partial charge on any atom is -0.475 e. The minimum atomic E-state index is -5.08. The van der Waals surface area contributed by atoms with Crippen molar-refractivity contribution in [3.63, 3.8) is 0 Å². The average molecular weight is 508 g/mol. The molecule has 0 saturated heterocycles. The monoisotopic (exact) mass is 507 g/mol. The predicted molar refractivity (Wildman–Crippen MR) is 126 cm³/mol. The zero-order valence-corrected chi connectivity index (χ0v) is 18.9. The van der Waals surface area contributed by atoms with Crippen molar-refractivity contribution in [1.29, 1.82) is 0 Å². The fourth-order valence-corrected chi connectivity index (χ4v) is 2.97. The maximum atomic E-state index is 13.0. The standard InChI is InChI=1S/C22H20ClN3O2.C2HF3O2/c23-20-12-11-18(13-17(20)14-24)25-21(27)15-26(19-9-5-2-6-10-19)22(28)16-7-3-1-4-8-16;3-2(4,5)1(6)7/h1-13H,14-15,24H2,(H,25,27);(H,6,7). The van der Waals surface area contributed by atoms with Gasteiger partial charge in [-0.05, 0) is 48.0 Å². The Morgan fingerprint density at radius 3 is 2.00 bits per heavy atom. The van der Waals surface area contributed by atoms with Gasteiger partial charge in [0.05, 0.1) is 0 Å². The smallest absolute Gasteiger partial charge is 0.475 e. The van der Waals surface area contributed by atoms with Crippen molar-refractivity contribution in [2.24, 2.45) is 5.73 Å². The van der Waals surface area contributed by atoms with E-state index in [1.54, 1.807) is 54.6 Å². The Morgan fingerprint density at radius 2 is 1.49 bits per heavy atom. The lowest BCUT2D eigenvalue weighted by molar-refractivity contribution is -0.192. The van der Waals surface area contributed by atoms with Gasteiger partial charge in [-0.1, -0.05) is 48.0 Å². The van der Waals surface area contributed by atoms with Crippen LogP contribution < -0.4 is 16.0 Å². The second kappa shape index (κ2) is 12.5. The number of para-hydroxylation sites is 1. The first-order chi connectivity index (χ1) is 16.5. The number of hydrogen-bond donors (Lipinski definition) is 3. The van der Waals surface area contributed by atoms with Crippen LogP contribution in [0.25, 0.3) is 0 Å². The quantitative estimate of drug-likeness (QED) is 0.447. The number of carbonyl (C=O) groups is 3. The number of nitrogens with two attached hydrogens (primary N) is 1. The van der Waals surface area contributed by atoms with Crippen LogP contribution in [0.1, 0.15) is 15.9 Å². The van der Waals surface area contributed by atoms with Gasteiger partial charge in [-0.3, -0.25) is 14.5 Å². The molecular weight excluding hydrogens is 487 g/mol. The third-order valence-corrected chi connectivity index (χ3v) is 4.80. The van der Waals surface area contributed by atoms with Crippen LogP contribution >= 0.6 is 11.6 Å². The van der Waals surface area contributed by atoms with E-state index in [1.807, 2.05) is 24.3 Å². The molecule has 3 rings (SSSR count). The summed E-state index contributed by atoms with van der Waals surface area (Å²) < 4.78 is 31.7. The van der Waals surface area contributed by atoms with Crippen molar-refractivity contribution >= 4 is 40.8 Å². The zero-order valence-electron chi connectivity index (χ0n) is 18.1. The number of halogens is 4. The van der Waals surface area contributed by atoms with E-state index in [9.17, 15) is 22.8 Å². The second-order valence-corrected chi connectivity index (χ2v) is 7.36. The van der Waals surface area contributed by atoms with E-state index in [-0.39, 0.29) is 24.9 Å². The molecule has 0 atom stereocenters. The summed E-state index contributed by atoms with van der Waals surface area (Å²) in [4.78, 5) is 36.0. The first kappa shape index (κ1) is 27.4. The molecule has 7 nitrogen and oxygen atoms in total. The summed E-state index contributed by atoms with van der Waals surface area (Å²) in [5.74, 6) is -3.33. The summed E-state index contributed by atoms with van der Waals surface area (Å²) in [5.41, 5.74) is 8.13. The summed E-state index contributed by atoms with van der Waals surface area (Å²) >= 11 is 6.06. The van der Waals surface area contributed by atoms with E-state index < -0.39 is 12.1 Å². The molecule has 4 N–H and O–H groups in total. The number of benzene rings is 3. The first-order valence-corrected chi connectivity index (χ1v) is 10.4. The van der Waals surface area contributed by atoms with Crippen LogP contribution in [-0.2, 0) is 16.1 Å². The molecule has 3 aromatic carbocycles.